The molecule has 1 amide bonds. The number of amides is 1. The molecule has 25 heavy (non-hydrogen) atoms. The number of sulfone groups is 1. The lowest BCUT2D eigenvalue weighted by Gasteiger charge is -2.33. The minimum Gasteiger partial charge on any atom is -0.338 e. The second-order valence-electron chi connectivity index (χ2n) is 6.41. The lowest BCUT2D eigenvalue weighted by molar-refractivity contribution is 0.0707. The molecule has 0 bridgehead atoms. The number of carbonyl (C=O) groups excluding carboxylic acids is 1. The maximum Gasteiger partial charge on any atom is 0.255 e. The standard InChI is InChI=1S/C19H20ClNO3S/c1-25(23,24)16-9-10-18(20)17(12-16)19(22)21-11-5-8-15(13-21)14-6-3-2-4-7-14/h2-4,6-7,9-10,12,15H,5,8,11,13H2,1H3. The number of hydrogen-bond donors (Lipinski definition) is 0. The van der Waals surface area contributed by atoms with Crippen LogP contribution in [0.1, 0.15) is 34.7 Å². The fraction of sp³-hybridized carbons (Fsp3) is 0.316. The van der Waals surface area contributed by atoms with E-state index in [-0.39, 0.29) is 27.3 Å². The highest BCUT2D eigenvalue weighted by atomic mass is 35.5. The Bertz CT molecular complexity index is 881. The average Bonchev–Trinajstić information content (AvgIpc) is 2.61. The molecule has 1 aliphatic heterocycles. The van der Waals surface area contributed by atoms with Crippen LogP contribution in [0.25, 0.3) is 0 Å². The topological polar surface area (TPSA) is 54.5 Å². The largest absolute Gasteiger partial charge is 0.338 e. The van der Waals surface area contributed by atoms with E-state index in [0.29, 0.717) is 13.1 Å². The number of nitrogens with zero attached hydrogens (tertiary/aromatic N) is 1. The number of benzene rings is 2. The zero-order valence-electron chi connectivity index (χ0n) is 14.0. The molecule has 1 saturated heterocycles. The maximum atomic E-state index is 12.9. The fourth-order valence-corrected chi connectivity index (χ4v) is 4.07. The predicted octanol–water partition coefficient (Wildman–Crippen LogP) is 3.76. The van der Waals surface area contributed by atoms with Gasteiger partial charge in [0, 0.05) is 25.3 Å². The summed E-state index contributed by atoms with van der Waals surface area (Å²) >= 11 is 6.17. The normalized spacial score (nSPS) is 18.2. The van der Waals surface area contributed by atoms with Gasteiger partial charge >= 0.3 is 0 Å². The van der Waals surface area contributed by atoms with Crippen molar-refractivity contribution in [1.82, 2.24) is 4.90 Å². The summed E-state index contributed by atoms with van der Waals surface area (Å²) in [6.45, 7) is 1.27. The molecule has 6 heteroatoms. The highest BCUT2D eigenvalue weighted by Crippen LogP contribution is 2.29. The monoisotopic (exact) mass is 377 g/mol. The van der Waals surface area contributed by atoms with Crippen LogP contribution in [0.5, 0.6) is 0 Å². The molecule has 1 heterocycles. The van der Waals surface area contributed by atoms with Crippen molar-refractivity contribution in [3.63, 3.8) is 0 Å². The molecule has 0 radical (unpaired) electrons. The third-order valence-corrected chi connectivity index (χ3v) is 6.02. The number of piperidine rings is 1. The summed E-state index contributed by atoms with van der Waals surface area (Å²) < 4.78 is 23.5. The number of rotatable bonds is 3. The first-order chi connectivity index (χ1) is 11.9. The van der Waals surface area contributed by atoms with Crippen molar-refractivity contribution in [3.8, 4) is 0 Å². The molecule has 1 unspecified atom stereocenters. The van der Waals surface area contributed by atoms with Crippen LogP contribution in [0, 0.1) is 0 Å². The first-order valence-corrected chi connectivity index (χ1v) is 10.5. The SMILES string of the molecule is CS(=O)(=O)c1ccc(Cl)c(C(=O)N2CCCC(c3ccccc3)C2)c1. The molecule has 0 saturated carbocycles. The fourth-order valence-electron chi connectivity index (χ4n) is 3.23. The van der Waals surface area contributed by atoms with Gasteiger partial charge in [-0.2, -0.15) is 0 Å². The van der Waals surface area contributed by atoms with Gasteiger partial charge in [0.2, 0.25) is 0 Å². The Morgan fingerprint density at radius 2 is 1.88 bits per heavy atom. The van der Waals surface area contributed by atoms with Gasteiger partial charge in [-0.1, -0.05) is 41.9 Å². The van der Waals surface area contributed by atoms with E-state index in [9.17, 15) is 13.2 Å². The molecule has 2 aromatic rings. The Kier molecular flexibility index (Phi) is 5.16. The summed E-state index contributed by atoms with van der Waals surface area (Å²) in [5.41, 5.74) is 1.47. The molecule has 1 atom stereocenters. The molecule has 1 fully saturated rings. The maximum absolute atomic E-state index is 12.9. The van der Waals surface area contributed by atoms with Crippen molar-refractivity contribution in [3.05, 3.63) is 64.7 Å². The Morgan fingerprint density at radius 3 is 2.56 bits per heavy atom. The van der Waals surface area contributed by atoms with Crippen LogP contribution in [0.15, 0.2) is 53.4 Å². The summed E-state index contributed by atoms with van der Waals surface area (Å²) in [6, 6.07) is 14.4. The van der Waals surface area contributed by atoms with Crippen LogP contribution in [-0.4, -0.2) is 38.6 Å². The van der Waals surface area contributed by atoms with E-state index in [1.54, 1.807) is 4.90 Å². The van der Waals surface area contributed by atoms with Crippen molar-refractivity contribution >= 4 is 27.3 Å². The summed E-state index contributed by atoms with van der Waals surface area (Å²) in [6.07, 6.45) is 3.07. The highest BCUT2D eigenvalue weighted by Gasteiger charge is 2.27. The molecule has 0 aromatic heterocycles. The van der Waals surface area contributed by atoms with E-state index in [4.69, 9.17) is 11.6 Å². The molecule has 0 N–H and O–H groups in total. The minimum atomic E-state index is -3.39. The van der Waals surface area contributed by atoms with E-state index in [1.165, 1.54) is 23.8 Å². The van der Waals surface area contributed by atoms with Gasteiger partial charge in [-0.15, -0.1) is 0 Å². The van der Waals surface area contributed by atoms with Crippen LogP contribution in [0.4, 0.5) is 0 Å². The van der Waals surface area contributed by atoms with E-state index in [1.807, 2.05) is 18.2 Å². The Labute approximate surface area is 153 Å². The first kappa shape index (κ1) is 18.0. The second-order valence-corrected chi connectivity index (χ2v) is 8.84. The Hall–Kier alpha value is -1.85. The van der Waals surface area contributed by atoms with Crippen LogP contribution in [0.3, 0.4) is 0 Å². The van der Waals surface area contributed by atoms with E-state index in [0.717, 1.165) is 19.1 Å². The number of likely N-dealkylation sites (tertiary alicyclic amines) is 1. The van der Waals surface area contributed by atoms with Gasteiger partial charge in [0.25, 0.3) is 5.91 Å². The molecule has 3 rings (SSSR count). The average molecular weight is 378 g/mol. The minimum absolute atomic E-state index is 0.108. The zero-order valence-corrected chi connectivity index (χ0v) is 15.6. The van der Waals surface area contributed by atoms with Crippen LogP contribution >= 0.6 is 11.6 Å². The second kappa shape index (κ2) is 7.18. The van der Waals surface area contributed by atoms with Gasteiger partial charge in [-0.05, 0) is 36.6 Å². The molecule has 4 nitrogen and oxygen atoms in total. The summed E-state index contributed by atoms with van der Waals surface area (Å²) in [5, 5.41) is 0.277. The molecule has 0 aliphatic carbocycles. The van der Waals surface area contributed by atoms with E-state index in [2.05, 4.69) is 12.1 Å². The highest BCUT2D eigenvalue weighted by molar-refractivity contribution is 7.90. The van der Waals surface area contributed by atoms with Crippen molar-refractivity contribution in [2.24, 2.45) is 0 Å². The summed E-state index contributed by atoms with van der Waals surface area (Å²) in [4.78, 5) is 14.8. The number of halogens is 1. The molecule has 132 valence electrons. The van der Waals surface area contributed by atoms with E-state index >= 15 is 0 Å². The third-order valence-electron chi connectivity index (χ3n) is 4.58. The smallest absolute Gasteiger partial charge is 0.255 e. The molecular formula is C19H20ClNO3S. The molecule has 0 spiro atoms. The van der Waals surface area contributed by atoms with Gasteiger partial charge < -0.3 is 4.90 Å². The van der Waals surface area contributed by atoms with Gasteiger partial charge in [-0.25, -0.2) is 8.42 Å². The molecular weight excluding hydrogens is 358 g/mol. The summed E-state index contributed by atoms with van der Waals surface area (Å²) in [7, 11) is -3.39. The van der Waals surface area contributed by atoms with Crippen molar-refractivity contribution in [2.75, 3.05) is 19.3 Å². The van der Waals surface area contributed by atoms with Crippen molar-refractivity contribution in [1.29, 1.82) is 0 Å². The summed E-state index contributed by atoms with van der Waals surface area (Å²) in [5.74, 6) is 0.0758. The molecule has 1 aliphatic rings. The van der Waals surface area contributed by atoms with Gasteiger partial charge in [-0.3, -0.25) is 4.79 Å². The number of hydrogen-bond acceptors (Lipinski definition) is 3. The van der Waals surface area contributed by atoms with Gasteiger partial charge in [0.05, 0.1) is 15.5 Å². The third kappa shape index (κ3) is 4.05. The van der Waals surface area contributed by atoms with Crippen LogP contribution in [-0.2, 0) is 9.84 Å². The Morgan fingerprint density at radius 1 is 1.16 bits per heavy atom. The van der Waals surface area contributed by atoms with E-state index < -0.39 is 9.84 Å². The van der Waals surface area contributed by atoms with Crippen LogP contribution < -0.4 is 0 Å². The number of carbonyl (C=O) groups is 1. The first-order valence-electron chi connectivity index (χ1n) is 8.20. The quantitative estimate of drug-likeness (QED) is 0.818. The predicted molar refractivity (Wildman–Crippen MR) is 98.9 cm³/mol. The van der Waals surface area contributed by atoms with Crippen molar-refractivity contribution in [2.45, 2.75) is 23.7 Å². The lowest BCUT2D eigenvalue weighted by atomic mass is 9.90. The van der Waals surface area contributed by atoms with Gasteiger partial charge in [0.1, 0.15) is 0 Å². The van der Waals surface area contributed by atoms with Crippen LogP contribution in [0.2, 0.25) is 5.02 Å². The zero-order chi connectivity index (χ0) is 18.0. The van der Waals surface area contributed by atoms with Crippen molar-refractivity contribution < 1.29 is 13.2 Å². The Balaban J connectivity index is 1.86. The molecule has 2 aromatic carbocycles. The van der Waals surface area contributed by atoms with Gasteiger partial charge in [0.15, 0.2) is 9.84 Å². The lowest BCUT2D eigenvalue weighted by Crippen LogP contribution is -2.39.